The van der Waals surface area contributed by atoms with Gasteiger partial charge in [0.1, 0.15) is 0 Å². The molecule has 0 spiro atoms. The second-order valence-corrected chi connectivity index (χ2v) is 9.81. The topological polar surface area (TPSA) is 75.7 Å². The minimum atomic E-state index is -3.59. The van der Waals surface area contributed by atoms with Crippen LogP contribution in [0.1, 0.15) is 19.4 Å². The van der Waals surface area contributed by atoms with Crippen molar-refractivity contribution in [3.8, 4) is 0 Å². The highest BCUT2D eigenvalue weighted by Crippen LogP contribution is 2.22. The number of ether oxygens (including phenoxy) is 1. The van der Waals surface area contributed by atoms with Crippen LogP contribution in [0.2, 0.25) is 0 Å². The molecule has 150 valence electrons. The Balaban J connectivity index is 1.65. The number of carbonyl (C=O) groups is 1. The van der Waals surface area contributed by atoms with Gasteiger partial charge < -0.3 is 10.1 Å². The Hall–Kier alpha value is -1.74. The lowest BCUT2D eigenvalue weighted by atomic mass is 10.1. The zero-order valence-electron chi connectivity index (χ0n) is 15.8. The van der Waals surface area contributed by atoms with Crippen LogP contribution in [0.3, 0.4) is 0 Å². The van der Waals surface area contributed by atoms with Gasteiger partial charge in [-0.3, -0.25) is 4.79 Å². The van der Waals surface area contributed by atoms with Gasteiger partial charge in [-0.1, -0.05) is 28.1 Å². The molecule has 1 fully saturated rings. The fourth-order valence-electron chi connectivity index (χ4n) is 3.18. The number of hydrogen-bond acceptors (Lipinski definition) is 4. The van der Waals surface area contributed by atoms with Crippen molar-refractivity contribution in [1.29, 1.82) is 0 Å². The predicted octanol–water partition coefficient (Wildman–Crippen LogP) is 3.43. The summed E-state index contributed by atoms with van der Waals surface area (Å²) in [5.74, 6) is -0.159. The summed E-state index contributed by atoms with van der Waals surface area (Å²) >= 11 is 3.36. The number of benzene rings is 2. The van der Waals surface area contributed by atoms with Crippen LogP contribution in [-0.4, -0.2) is 43.9 Å². The van der Waals surface area contributed by atoms with Crippen molar-refractivity contribution in [2.45, 2.75) is 37.4 Å². The molecule has 0 bridgehead atoms. The van der Waals surface area contributed by atoms with Gasteiger partial charge in [0.25, 0.3) is 0 Å². The monoisotopic (exact) mass is 466 g/mol. The lowest BCUT2D eigenvalue weighted by Gasteiger charge is -2.34. The Bertz CT molecular complexity index is 920. The number of hydrogen-bond donors (Lipinski definition) is 1. The number of amides is 1. The number of halogens is 1. The van der Waals surface area contributed by atoms with Crippen LogP contribution in [0.25, 0.3) is 0 Å². The van der Waals surface area contributed by atoms with Crippen LogP contribution < -0.4 is 5.32 Å². The van der Waals surface area contributed by atoms with E-state index in [1.54, 1.807) is 12.1 Å². The first kappa shape index (κ1) is 21.0. The minimum Gasteiger partial charge on any atom is -0.373 e. The normalized spacial score (nSPS) is 20.7. The van der Waals surface area contributed by atoms with Gasteiger partial charge in [0, 0.05) is 23.2 Å². The third-order valence-electron chi connectivity index (χ3n) is 4.44. The summed E-state index contributed by atoms with van der Waals surface area (Å²) in [6.07, 6.45) is -0.0388. The second kappa shape index (κ2) is 8.73. The molecular weight excluding hydrogens is 444 g/mol. The van der Waals surface area contributed by atoms with Crippen LogP contribution in [0, 0.1) is 0 Å². The van der Waals surface area contributed by atoms with Crippen molar-refractivity contribution in [2.75, 3.05) is 18.4 Å². The zero-order chi connectivity index (χ0) is 20.3. The third kappa shape index (κ3) is 5.20. The average Bonchev–Trinajstić information content (AvgIpc) is 2.63. The van der Waals surface area contributed by atoms with Crippen LogP contribution in [0.4, 0.5) is 5.69 Å². The van der Waals surface area contributed by atoms with Gasteiger partial charge in [-0.05, 0) is 55.8 Å². The van der Waals surface area contributed by atoms with Crippen molar-refractivity contribution >= 4 is 37.5 Å². The van der Waals surface area contributed by atoms with E-state index in [4.69, 9.17) is 4.74 Å². The highest BCUT2D eigenvalue weighted by atomic mass is 79.9. The molecule has 28 heavy (non-hydrogen) atoms. The van der Waals surface area contributed by atoms with E-state index in [1.165, 1.54) is 16.4 Å². The summed E-state index contributed by atoms with van der Waals surface area (Å²) < 4.78 is 33.7. The maximum Gasteiger partial charge on any atom is 0.243 e. The van der Waals surface area contributed by atoms with Gasteiger partial charge in [-0.25, -0.2) is 8.42 Å². The summed E-state index contributed by atoms with van der Waals surface area (Å²) in [5.41, 5.74) is 1.46. The standard InChI is InChI=1S/C20H23BrN2O4S/c1-14-12-23(13-15(2)27-14)28(25,26)19-9-7-18(8-10-19)22-20(24)11-16-3-5-17(21)6-4-16/h3-10,14-15H,11-13H2,1-2H3,(H,22,24)/t14-,15-/m0/s1. The zero-order valence-corrected chi connectivity index (χ0v) is 18.2. The lowest BCUT2D eigenvalue weighted by Crippen LogP contribution is -2.48. The molecule has 0 radical (unpaired) electrons. The highest BCUT2D eigenvalue weighted by molar-refractivity contribution is 9.10. The Morgan fingerprint density at radius 2 is 1.64 bits per heavy atom. The van der Waals surface area contributed by atoms with Crippen molar-refractivity contribution in [1.82, 2.24) is 4.31 Å². The molecule has 1 saturated heterocycles. The van der Waals surface area contributed by atoms with E-state index in [2.05, 4.69) is 21.2 Å². The highest BCUT2D eigenvalue weighted by Gasteiger charge is 2.32. The van der Waals surface area contributed by atoms with Gasteiger partial charge in [0.05, 0.1) is 23.5 Å². The Morgan fingerprint density at radius 1 is 1.07 bits per heavy atom. The second-order valence-electron chi connectivity index (χ2n) is 6.96. The molecule has 1 heterocycles. The molecule has 0 saturated carbocycles. The number of morpholine rings is 1. The Kier molecular flexibility index (Phi) is 6.54. The lowest BCUT2D eigenvalue weighted by molar-refractivity contribution is -0.115. The molecule has 0 aliphatic carbocycles. The van der Waals surface area contributed by atoms with E-state index < -0.39 is 10.0 Å². The maximum atomic E-state index is 12.9. The smallest absolute Gasteiger partial charge is 0.243 e. The molecule has 2 aromatic rings. The fraction of sp³-hybridized carbons (Fsp3) is 0.350. The van der Waals surface area contributed by atoms with E-state index in [1.807, 2.05) is 38.1 Å². The maximum absolute atomic E-state index is 12.9. The fourth-order valence-corrected chi connectivity index (χ4v) is 5.03. The van der Waals surface area contributed by atoms with Crippen molar-refractivity contribution in [3.63, 3.8) is 0 Å². The first-order chi connectivity index (χ1) is 13.2. The third-order valence-corrected chi connectivity index (χ3v) is 6.81. The minimum absolute atomic E-state index is 0.143. The first-order valence-electron chi connectivity index (χ1n) is 9.04. The number of anilines is 1. The molecule has 6 nitrogen and oxygen atoms in total. The molecular formula is C20H23BrN2O4S. The van der Waals surface area contributed by atoms with Crippen molar-refractivity contribution in [2.24, 2.45) is 0 Å². The van der Waals surface area contributed by atoms with Crippen molar-refractivity contribution in [3.05, 3.63) is 58.6 Å². The van der Waals surface area contributed by atoms with E-state index in [0.29, 0.717) is 18.8 Å². The van der Waals surface area contributed by atoms with Gasteiger partial charge >= 0.3 is 0 Å². The molecule has 2 atom stereocenters. The quantitative estimate of drug-likeness (QED) is 0.731. The molecule has 1 amide bonds. The summed E-state index contributed by atoms with van der Waals surface area (Å²) in [5, 5.41) is 2.80. The van der Waals surface area contributed by atoms with Gasteiger partial charge in [-0.15, -0.1) is 0 Å². The SMILES string of the molecule is C[C@H]1CN(S(=O)(=O)c2ccc(NC(=O)Cc3ccc(Br)cc3)cc2)C[C@H](C)O1. The van der Waals surface area contributed by atoms with E-state index >= 15 is 0 Å². The number of sulfonamides is 1. The summed E-state index contributed by atoms with van der Waals surface area (Å²) in [6.45, 7) is 4.39. The first-order valence-corrected chi connectivity index (χ1v) is 11.3. The largest absolute Gasteiger partial charge is 0.373 e. The molecule has 0 unspecified atom stereocenters. The van der Waals surface area contributed by atoms with Crippen LogP contribution in [0.5, 0.6) is 0 Å². The van der Waals surface area contributed by atoms with Crippen LogP contribution in [-0.2, 0) is 26.0 Å². The van der Waals surface area contributed by atoms with Crippen LogP contribution in [0.15, 0.2) is 57.9 Å². The predicted molar refractivity (Wildman–Crippen MR) is 112 cm³/mol. The van der Waals surface area contributed by atoms with E-state index in [9.17, 15) is 13.2 Å². The number of nitrogens with one attached hydrogen (secondary N) is 1. The van der Waals surface area contributed by atoms with E-state index in [-0.39, 0.29) is 29.4 Å². The molecule has 8 heteroatoms. The number of carbonyl (C=O) groups excluding carboxylic acids is 1. The Morgan fingerprint density at radius 3 is 2.21 bits per heavy atom. The van der Waals surface area contributed by atoms with Crippen molar-refractivity contribution < 1.29 is 17.9 Å². The molecule has 1 aliphatic heterocycles. The summed E-state index contributed by atoms with van der Waals surface area (Å²) in [6, 6.07) is 13.8. The summed E-state index contributed by atoms with van der Waals surface area (Å²) in [7, 11) is -3.59. The van der Waals surface area contributed by atoms with Gasteiger partial charge in [-0.2, -0.15) is 4.31 Å². The molecule has 3 rings (SSSR count). The average molecular weight is 467 g/mol. The Labute approximate surface area is 174 Å². The summed E-state index contributed by atoms with van der Waals surface area (Å²) in [4.78, 5) is 12.4. The van der Waals surface area contributed by atoms with Gasteiger partial charge in [0.2, 0.25) is 15.9 Å². The van der Waals surface area contributed by atoms with Gasteiger partial charge in [0.15, 0.2) is 0 Å². The molecule has 1 N–H and O–H groups in total. The number of nitrogens with zero attached hydrogens (tertiary/aromatic N) is 1. The number of rotatable bonds is 5. The van der Waals surface area contributed by atoms with E-state index in [0.717, 1.165) is 10.0 Å². The molecule has 2 aromatic carbocycles. The molecule has 1 aliphatic rings. The molecule has 0 aromatic heterocycles. The van der Waals surface area contributed by atoms with Crippen LogP contribution >= 0.6 is 15.9 Å².